The van der Waals surface area contributed by atoms with Gasteiger partial charge in [-0.25, -0.2) is 4.98 Å². The Kier molecular flexibility index (Phi) is 10.5. The maximum Gasteiger partial charge on any atom is 0.231 e. The van der Waals surface area contributed by atoms with Gasteiger partial charge in [-0.3, -0.25) is 9.69 Å². The van der Waals surface area contributed by atoms with E-state index < -0.39 is 0 Å². The van der Waals surface area contributed by atoms with Gasteiger partial charge >= 0.3 is 0 Å². The molecule has 1 aromatic heterocycles. The van der Waals surface area contributed by atoms with Crippen molar-refractivity contribution in [2.24, 2.45) is 5.41 Å². The van der Waals surface area contributed by atoms with Crippen molar-refractivity contribution in [3.63, 3.8) is 0 Å². The fourth-order valence-electron chi connectivity index (χ4n) is 3.86. The van der Waals surface area contributed by atoms with Crippen LogP contribution >= 0.6 is 36.2 Å². The van der Waals surface area contributed by atoms with Gasteiger partial charge in [-0.1, -0.05) is 6.92 Å². The molecular formula is C18H32Cl2N4O2S. The fraction of sp³-hybridized carbons (Fsp3) is 0.778. The largest absolute Gasteiger partial charge is 0.384 e. The van der Waals surface area contributed by atoms with Crippen LogP contribution in [0.1, 0.15) is 30.5 Å². The zero-order valence-corrected chi connectivity index (χ0v) is 18.7. The van der Waals surface area contributed by atoms with Crippen molar-refractivity contribution in [1.82, 2.24) is 20.1 Å². The van der Waals surface area contributed by atoms with E-state index in [2.05, 4.69) is 32.4 Å². The lowest BCUT2D eigenvalue weighted by Gasteiger charge is -2.42. The van der Waals surface area contributed by atoms with Crippen LogP contribution in [-0.2, 0) is 22.5 Å². The van der Waals surface area contributed by atoms with Crippen LogP contribution in [0.2, 0.25) is 0 Å². The van der Waals surface area contributed by atoms with Gasteiger partial charge in [0.1, 0.15) is 0 Å². The molecule has 2 aliphatic heterocycles. The number of thiazole rings is 1. The predicted octanol–water partition coefficient (Wildman–Crippen LogP) is 2.21. The van der Waals surface area contributed by atoms with E-state index in [1.807, 2.05) is 0 Å². The molecule has 9 heteroatoms. The molecule has 2 saturated heterocycles. The van der Waals surface area contributed by atoms with Crippen LogP contribution in [0.3, 0.4) is 0 Å². The first-order chi connectivity index (χ1) is 12.2. The lowest BCUT2D eigenvalue weighted by atomic mass is 9.78. The highest BCUT2D eigenvalue weighted by Crippen LogP contribution is 2.32. The van der Waals surface area contributed by atoms with E-state index in [0.29, 0.717) is 6.61 Å². The zero-order chi connectivity index (χ0) is 17.7. The van der Waals surface area contributed by atoms with E-state index in [1.54, 1.807) is 18.4 Å². The highest BCUT2D eigenvalue weighted by atomic mass is 35.5. The van der Waals surface area contributed by atoms with Gasteiger partial charge in [0.15, 0.2) is 0 Å². The van der Waals surface area contributed by atoms with Crippen LogP contribution in [0.15, 0.2) is 5.38 Å². The number of aryl methyl sites for hydroxylation is 1. The summed E-state index contributed by atoms with van der Waals surface area (Å²) in [6.45, 7) is 8.84. The third kappa shape index (κ3) is 6.02. The molecular weight excluding hydrogens is 407 g/mol. The van der Waals surface area contributed by atoms with Crippen molar-refractivity contribution in [2.45, 2.75) is 32.7 Å². The highest BCUT2D eigenvalue weighted by molar-refractivity contribution is 7.09. The zero-order valence-electron chi connectivity index (χ0n) is 16.2. The van der Waals surface area contributed by atoms with E-state index in [-0.39, 0.29) is 36.1 Å². The number of aromatic nitrogens is 1. The van der Waals surface area contributed by atoms with Crippen molar-refractivity contribution in [3.05, 3.63) is 16.1 Å². The number of carbonyl (C=O) groups is 1. The second kappa shape index (κ2) is 11.5. The summed E-state index contributed by atoms with van der Waals surface area (Å²) in [4.78, 5) is 22.3. The molecule has 156 valence electrons. The van der Waals surface area contributed by atoms with E-state index in [9.17, 15) is 4.79 Å². The molecule has 0 bridgehead atoms. The van der Waals surface area contributed by atoms with Crippen LogP contribution in [0.5, 0.6) is 0 Å². The van der Waals surface area contributed by atoms with Gasteiger partial charge in [0, 0.05) is 45.2 Å². The van der Waals surface area contributed by atoms with Gasteiger partial charge in [0.2, 0.25) is 5.91 Å². The lowest BCUT2D eigenvalue weighted by molar-refractivity contribution is -0.149. The number of methoxy groups -OCH3 is 1. The molecule has 0 atom stereocenters. The first kappa shape index (κ1) is 24.6. The molecule has 1 N–H and O–H groups in total. The Morgan fingerprint density at radius 1 is 1.26 bits per heavy atom. The molecule has 0 aromatic carbocycles. The molecule has 3 heterocycles. The van der Waals surface area contributed by atoms with Crippen molar-refractivity contribution < 1.29 is 9.53 Å². The number of halogens is 2. The smallest absolute Gasteiger partial charge is 0.231 e. The Bertz CT molecular complexity index is 568. The Hall–Kier alpha value is -0.440. The SMILES string of the molecule is CCc1nc(CN2CCN(C(=O)C3(COC)CCNCC3)CC2)cs1.Cl.Cl. The van der Waals surface area contributed by atoms with Gasteiger partial charge in [-0.2, -0.15) is 0 Å². The predicted molar refractivity (Wildman–Crippen MR) is 114 cm³/mol. The van der Waals surface area contributed by atoms with E-state index in [4.69, 9.17) is 4.74 Å². The minimum absolute atomic E-state index is 0. The average molecular weight is 439 g/mol. The van der Waals surface area contributed by atoms with E-state index >= 15 is 0 Å². The minimum atomic E-state index is -0.326. The molecule has 3 rings (SSSR count). The average Bonchev–Trinajstić information content (AvgIpc) is 3.10. The lowest BCUT2D eigenvalue weighted by Crippen LogP contribution is -2.56. The summed E-state index contributed by atoms with van der Waals surface area (Å²) in [6, 6.07) is 0. The van der Waals surface area contributed by atoms with Crippen LogP contribution < -0.4 is 5.32 Å². The number of rotatable bonds is 6. The molecule has 1 amide bonds. The molecule has 6 nitrogen and oxygen atoms in total. The summed E-state index contributed by atoms with van der Waals surface area (Å²) in [7, 11) is 1.70. The number of nitrogens with one attached hydrogen (secondary N) is 1. The normalized spacial score (nSPS) is 19.9. The summed E-state index contributed by atoms with van der Waals surface area (Å²) in [5.74, 6) is 0.289. The summed E-state index contributed by atoms with van der Waals surface area (Å²) >= 11 is 1.75. The molecule has 1 aromatic rings. The standard InChI is InChI=1S/C18H30N4O2S.2ClH/c1-3-16-20-15(13-25-16)12-21-8-10-22(11-9-21)17(23)18(14-24-2)4-6-19-7-5-18;;/h13,19H,3-12,14H2,1-2H3;2*1H. The van der Waals surface area contributed by atoms with Gasteiger partial charge in [-0.15, -0.1) is 36.2 Å². The number of nitrogens with zero attached hydrogens (tertiary/aromatic N) is 3. The van der Waals surface area contributed by atoms with Crippen molar-refractivity contribution in [1.29, 1.82) is 0 Å². The Morgan fingerprint density at radius 2 is 1.93 bits per heavy atom. The Labute approximate surface area is 178 Å². The van der Waals surface area contributed by atoms with Crippen molar-refractivity contribution >= 4 is 42.1 Å². The second-order valence-electron chi connectivity index (χ2n) is 7.12. The number of hydrogen-bond donors (Lipinski definition) is 1. The monoisotopic (exact) mass is 438 g/mol. The van der Waals surface area contributed by atoms with Crippen LogP contribution in [0.25, 0.3) is 0 Å². The van der Waals surface area contributed by atoms with Gasteiger partial charge in [-0.05, 0) is 32.4 Å². The number of ether oxygens (including phenoxy) is 1. The molecule has 0 spiro atoms. The number of hydrogen-bond acceptors (Lipinski definition) is 6. The first-order valence-corrected chi connectivity index (χ1v) is 10.2. The third-order valence-corrected chi connectivity index (χ3v) is 6.42. The summed E-state index contributed by atoms with van der Waals surface area (Å²) in [6.07, 6.45) is 2.75. The maximum atomic E-state index is 13.2. The topological polar surface area (TPSA) is 57.7 Å². The summed E-state index contributed by atoms with van der Waals surface area (Å²) in [5.41, 5.74) is 0.837. The minimum Gasteiger partial charge on any atom is -0.384 e. The molecule has 2 fully saturated rings. The highest BCUT2D eigenvalue weighted by Gasteiger charge is 2.42. The van der Waals surface area contributed by atoms with E-state index in [0.717, 1.165) is 70.8 Å². The maximum absolute atomic E-state index is 13.2. The second-order valence-corrected chi connectivity index (χ2v) is 8.06. The van der Waals surface area contributed by atoms with Gasteiger partial charge in [0.05, 0.1) is 22.7 Å². The van der Waals surface area contributed by atoms with Gasteiger partial charge < -0.3 is 15.0 Å². The number of carbonyl (C=O) groups excluding carboxylic acids is 1. The van der Waals surface area contributed by atoms with Crippen LogP contribution in [0.4, 0.5) is 0 Å². The quantitative estimate of drug-likeness (QED) is 0.737. The van der Waals surface area contributed by atoms with Crippen molar-refractivity contribution in [3.8, 4) is 0 Å². The third-order valence-electron chi connectivity index (χ3n) is 5.38. The van der Waals surface area contributed by atoms with E-state index in [1.165, 1.54) is 5.01 Å². The number of amides is 1. The molecule has 0 saturated carbocycles. The molecule has 2 aliphatic rings. The summed E-state index contributed by atoms with van der Waals surface area (Å²) in [5, 5.41) is 6.73. The summed E-state index contributed by atoms with van der Waals surface area (Å²) < 4.78 is 5.42. The number of piperazine rings is 1. The first-order valence-electron chi connectivity index (χ1n) is 9.31. The van der Waals surface area contributed by atoms with Crippen molar-refractivity contribution in [2.75, 3.05) is 53.0 Å². The Morgan fingerprint density at radius 3 is 2.48 bits per heavy atom. The molecule has 0 aliphatic carbocycles. The number of piperidine rings is 1. The fourth-order valence-corrected chi connectivity index (χ4v) is 4.60. The molecule has 0 radical (unpaired) electrons. The van der Waals surface area contributed by atoms with Gasteiger partial charge in [0.25, 0.3) is 0 Å². The van der Waals surface area contributed by atoms with Crippen LogP contribution in [-0.4, -0.2) is 73.7 Å². The molecule has 27 heavy (non-hydrogen) atoms. The van der Waals surface area contributed by atoms with Crippen LogP contribution in [0, 0.1) is 5.41 Å². The Balaban J connectivity index is 0.00000182. The molecule has 0 unspecified atom stereocenters.